The molecule has 4 nitrogen and oxygen atoms in total. The molecule has 0 atom stereocenters. The number of amides is 1. The Morgan fingerprint density at radius 1 is 1.09 bits per heavy atom. The molecule has 0 unspecified atom stereocenters. The Morgan fingerprint density at radius 3 is 2.41 bits per heavy atom. The monoisotopic (exact) mass is 302 g/mol. The molecule has 0 aromatic heterocycles. The predicted molar refractivity (Wildman–Crippen MR) is 84.3 cm³/mol. The van der Waals surface area contributed by atoms with Crippen LogP contribution in [0.5, 0.6) is 5.75 Å². The maximum Gasteiger partial charge on any atom is 0.222 e. The molecule has 0 aliphatic rings. The van der Waals surface area contributed by atoms with Gasteiger partial charge >= 0.3 is 0 Å². The first-order chi connectivity index (χ1) is 10.7. The van der Waals surface area contributed by atoms with Crippen molar-refractivity contribution in [3.63, 3.8) is 0 Å². The molecule has 0 spiro atoms. The molecule has 116 valence electrons. The molecule has 2 aromatic carbocycles. The fraction of sp³-hybridized carbons (Fsp3) is 0.235. The van der Waals surface area contributed by atoms with Gasteiger partial charge in [0.15, 0.2) is 0 Å². The Morgan fingerprint density at radius 2 is 1.77 bits per heavy atom. The lowest BCUT2D eigenvalue weighted by Crippen LogP contribution is -2.24. The van der Waals surface area contributed by atoms with E-state index in [1.807, 2.05) is 24.3 Å². The van der Waals surface area contributed by atoms with Gasteiger partial charge in [-0.2, -0.15) is 0 Å². The molecule has 0 saturated carbocycles. The predicted octanol–water partition coefficient (Wildman–Crippen LogP) is 2.95. The lowest BCUT2D eigenvalue weighted by Gasteiger charge is -2.08. The number of hydrogen-bond acceptors (Lipinski definition) is 3. The van der Waals surface area contributed by atoms with E-state index in [0.29, 0.717) is 19.5 Å². The van der Waals surface area contributed by atoms with E-state index in [9.17, 15) is 9.18 Å². The summed E-state index contributed by atoms with van der Waals surface area (Å²) >= 11 is 0. The van der Waals surface area contributed by atoms with Crippen molar-refractivity contribution in [3.05, 3.63) is 59.9 Å². The van der Waals surface area contributed by atoms with Crippen molar-refractivity contribution in [1.29, 1.82) is 0 Å². The number of nitrogens with one attached hydrogen (secondary N) is 2. The third-order valence-electron chi connectivity index (χ3n) is 3.17. The van der Waals surface area contributed by atoms with Crippen molar-refractivity contribution in [2.75, 3.05) is 19.0 Å². The molecule has 2 N–H and O–H groups in total. The summed E-state index contributed by atoms with van der Waals surface area (Å²) in [5.74, 6) is 0.465. The number of anilines is 1. The molecule has 2 aromatic rings. The van der Waals surface area contributed by atoms with E-state index < -0.39 is 0 Å². The number of methoxy groups -OCH3 is 1. The zero-order valence-electron chi connectivity index (χ0n) is 12.4. The molecule has 0 aliphatic carbocycles. The average molecular weight is 302 g/mol. The maximum atomic E-state index is 12.8. The summed E-state index contributed by atoms with van der Waals surface area (Å²) in [5, 5.41) is 5.97. The summed E-state index contributed by atoms with van der Waals surface area (Å²) < 4.78 is 17.8. The fourth-order valence-corrected chi connectivity index (χ4v) is 1.92. The highest BCUT2D eigenvalue weighted by atomic mass is 19.1. The molecule has 5 heteroatoms. The number of rotatable bonds is 7. The summed E-state index contributed by atoms with van der Waals surface area (Å²) in [6, 6.07) is 13.6. The maximum absolute atomic E-state index is 12.8. The number of halogens is 1. The Kier molecular flexibility index (Phi) is 5.77. The van der Waals surface area contributed by atoms with Gasteiger partial charge in [-0.1, -0.05) is 12.1 Å². The second-order valence-electron chi connectivity index (χ2n) is 4.81. The SMILES string of the molecule is COc1ccc(NCCC(=O)NCc2ccc(F)cc2)cc1. The van der Waals surface area contributed by atoms with E-state index in [2.05, 4.69) is 10.6 Å². The molecule has 0 saturated heterocycles. The molecule has 0 bridgehead atoms. The van der Waals surface area contributed by atoms with E-state index in [1.54, 1.807) is 19.2 Å². The first-order valence-electron chi connectivity index (χ1n) is 7.06. The zero-order chi connectivity index (χ0) is 15.8. The van der Waals surface area contributed by atoms with Crippen molar-refractivity contribution in [2.45, 2.75) is 13.0 Å². The second-order valence-corrected chi connectivity index (χ2v) is 4.81. The number of carbonyl (C=O) groups excluding carboxylic acids is 1. The van der Waals surface area contributed by atoms with Gasteiger partial charge in [-0.3, -0.25) is 4.79 Å². The van der Waals surface area contributed by atoms with E-state index >= 15 is 0 Å². The summed E-state index contributed by atoms with van der Waals surface area (Å²) in [6.07, 6.45) is 0.368. The van der Waals surface area contributed by atoms with Crippen molar-refractivity contribution >= 4 is 11.6 Å². The lowest BCUT2D eigenvalue weighted by molar-refractivity contribution is -0.121. The fourth-order valence-electron chi connectivity index (χ4n) is 1.92. The van der Waals surface area contributed by atoms with Crippen LogP contribution < -0.4 is 15.4 Å². The molecular weight excluding hydrogens is 283 g/mol. The van der Waals surface area contributed by atoms with Crippen molar-refractivity contribution in [1.82, 2.24) is 5.32 Å². The highest BCUT2D eigenvalue weighted by Gasteiger charge is 2.02. The Bertz CT molecular complexity index is 597. The van der Waals surface area contributed by atoms with E-state index in [0.717, 1.165) is 17.0 Å². The largest absolute Gasteiger partial charge is 0.497 e. The molecular formula is C17H19FN2O2. The highest BCUT2D eigenvalue weighted by Crippen LogP contribution is 2.14. The smallest absolute Gasteiger partial charge is 0.222 e. The molecule has 0 heterocycles. The minimum atomic E-state index is -0.279. The van der Waals surface area contributed by atoms with Gasteiger partial charge in [-0.05, 0) is 42.0 Å². The quantitative estimate of drug-likeness (QED) is 0.827. The standard InChI is InChI=1S/C17H19FN2O2/c1-22-16-8-6-15(7-9-16)19-11-10-17(21)20-12-13-2-4-14(18)5-3-13/h2-9,19H,10-12H2,1H3,(H,20,21). The Labute approximate surface area is 129 Å². The summed E-state index contributed by atoms with van der Waals surface area (Å²) in [4.78, 5) is 11.7. The molecule has 22 heavy (non-hydrogen) atoms. The van der Waals surface area contributed by atoms with Gasteiger partial charge in [0.25, 0.3) is 0 Å². The van der Waals surface area contributed by atoms with Crippen LogP contribution in [0.3, 0.4) is 0 Å². The van der Waals surface area contributed by atoms with Crippen LogP contribution in [-0.2, 0) is 11.3 Å². The van der Waals surface area contributed by atoms with Gasteiger partial charge in [0, 0.05) is 25.2 Å². The summed E-state index contributed by atoms with van der Waals surface area (Å²) in [7, 11) is 1.62. The topological polar surface area (TPSA) is 50.4 Å². The Balaban J connectivity index is 1.67. The summed E-state index contributed by atoms with van der Waals surface area (Å²) in [6.45, 7) is 0.948. The minimum Gasteiger partial charge on any atom is -0.497 e. The van der Waals surface area contributed by atoms with Crippen LogP contribution in [0, 0.1) is 5.82 Å². The van der Waals surface area contributed by atoms with E-state index in [-0.39, 0.29) is 11.7 Å². The third kappa shape index (κ3) is 5.09. The lowest BCUT2D eigenvalue weighted by atomic mass is 10.2. The van der Waals surface area contributed by atoms with Crippen LogP contribution in [0.25, 0.3) is 0 Å². The van der Waals surface area contributed by atoms with Crippen molar-refractivity contribution < 1.29 is 13.9 Å². The molecule has 0 aliphatic heterocycles. The highest BCUT2D eigenvalue weighted by molar-refractivity contribution is 5.76. The van der Waals surface area contributed by atoms with Crippen molar-refractivity contribution in [2.24, 2.45) is 0 Å². The van der Waals surface area contributed by atoms with Crippen LogP contribution >= 0.6 is 0 Å². The summed E-state index contributed by atoms with van der Waals surface area (Å²) in [5.41, 5.74) is 1.81. The van der Waals surface area contributed by atoms with Gasteiger partial charge in [0.2, 0.25) is 5.91 Å². The van der Waals surface area contributed by atoms with Gasteiger partial charge in [0.1, 0.15) is 11.6 Å². The molecule has 0 fully saturated rings. The number of benzene rings is 2. The second kappa shape index (κ2) is 8.02. The van der Waals surface area contributed by atoms with E-state index in [1.165, 1.54) is 12.1 Å². The third-order valence-corrected chi connectivity index (χ3v) is 3.17. The molecule has 0 radical (unpaired) electrons. The minimum absolute atomic E-state index is 0.0506. The van der Waals surface area contributed by atoms with Crippen LogP contribution in [0.2, 0.25) is 0 Å². The zero-order valence-corrected chi connectivity index (χ0v) is 12.4. The van der Waals surface area contributed by atoms with Crippen LogP contribution in [0.15, 0.2) is 48.5 Å². The first kappa shape index (κ1) is 15.8. The van der Waals surface area contributed by atoms with Gasteiger partial charge in [-0.25, -0.2) is 4.39 Å². The van der Waals surface area contributed by atoms with Crippen LogP contribution in [0.4, 0.5) is 10.1 Å². The first-order valence-corrected chi connectivity index (χ1v) is 7.06. The number of hydrogen-bond donors (Lipinski definition) is 2. The Hall–Kier alpha value is -2.56. The molecule has 2 rings (SSSR count). The average Bonchev–Trinajstić information content (AvgIpc) is 2.55. The van der Waals surface area contributed by atoms with Gasteiger partial charge in [-0.15, -0.1) is 0 Å². The molecule has 1 amide bonds. The van der Waals surface area contributed by atoms with Crippen LogP contribution in [0.1, 0.15) is 12.0 Å². The van der Waals surface area contributed by atoms with Gasteiger partial charge in [0.05, 0.1) is 7.11 Å². The number of ether oxygens (including phenoxy) is 1. The van der Waals surface area contributed by atoms with Gasteiger partial charge < -0.3 is 15.4 Å². The number of carbonyl (C=O) groups is 1. The van der Waals surface area contributed by atoms with Crippen LogP contribution in [-0.4, -0.2) is 19.6 Å². The van der Waals surface area contributed by atoms with Crippen molar-refractivity contribution in [3.8, 4) is 5.75 Å². The normalized spacial score (nSPS) is 10.1. The van der Waals surface area contributed by atoms with E-state index in [4.69, 9.17) is 4.74 Å².